The first-order valence-corrected chi connectivity index (χ1v) is 7.79. The molecule has 2 rings (SSSR count). The standard InChI is InChI=1S/C15H28N2O2/c1-10(2)14(9-18)17-15(19)13-8-7-11-5-3-4-6-12(11)16-13/h10-14,16,18H,3-9H2,1-2H3,(H,17,19). The molecule has 0 bridgehead atoms. The van der Waals surface area contributed by atoms with Crippen LogP contribution in [0.4, 0.5) is 0 Å². The van der Waals surface area contributed by atoms with Crippen molar-refractivity contribution < 1.29 is 9.90 Å². The largest absolute Gasteiger partial charge is 0.394 e. The zero-order chi connectivity index (χ0) is 13.8. The molecule has 2 aliphatic rings. The average molecular weight is 268 g/mol. The SMILES string of the molecule is CC(C)C(CO)NC(=O)C1CCC2CCCCC2N1. The number of aliphatic hydroxyl groups excluding tert-OH is 1. The molecule has 1 saturated heterocycles. The lowest BCUT2D eigenvalue weighted by atomic mass is 9.77. The Morgan fingerprint density at radius 1 is 1.26 bits per heavy atom. The maximum atomic E-state index is 12.3. The van der Waals surface area contributed by atoms with Crippen LogP contribution in [-0.2, 0) is 4.79 Å². The van der Waals surface area contributed by atoms with Crippen LogP contribution in [0.2, 0.25) is 0 Å². The summed E-state index contributed by atoms with van der Waals surface area (Å²) in [6.45, 7) is 4.06. The number of fused-ring (bicyclic) bond motifs is 1. The normalized spacial score (nSPS) is 32.7. The summed E-state index contributed by atoms with van der Waals surface area (Å²) < 4.78 is 0. The second-order valence-corrected chi connectivity index (χ2v) is 6.49. The van der Waals surface area contributed by atoms with Crippen LogP contribution >= 0.6 is 0 Å². The van der Waals surface area contributed by atoms with Crippen molar-refractivity contribution in [2.75, 3.05) is 6.61 Å². The predicted octanol–water partition coefficient (Wildman–Crippen LogP) is 1.43. The van der Waals surface area contributed by atoms with Crippen LogP contribution in [0.3, 0.4) is 0 Å². The van der Waals surface area contributed by atoms with Gasteiger partial charge >= 0.3 is 0 Å². The molecule has 4 unspecified atom stereocenters. The van der Waals surface area contributed by atoms with E-state index in [9.17, 15) is 9.90 Å². The molecule has 3 N–H and O–H groups in total. The van der Waals surface area contributed by atoms with Gasteiger partial charge in [0, 0.05) is 6.04 Å². The van der Waals surface area contributed by atoms with Crippen molar-refractivity contribution in [1.29, 1.82) is 0 Å². The minimum atomic E-state index is -0.127. The van der Waals surface area contributed by atoms with Gasteiger partial charge in [-0.25, -0.2) is 0 Å². The number of aliphatic hydroxyl groups is 1. The van der Waals surface area contributed by atoms with E-state index in [-0.39, 0.29) is 30.5 Å². The fourth-order valence-electron chi connectivity index (χ4n) is 3.41. The number of carbonyl (C=O) groups excluding carboxylic acids is 1. The highest BCUT2D eigenvalue weighted by Gasteiger charge is 2.34. The van der Waals surface area contributed by atoms with E-state index in [0.29, 0.717) is 6.04 Å². The molecule has 1 aliphatic heterocycles. The molecule has 110 valence electrons. The van der Waals surface area contributed by atoms with Crippen molar-refractivity contribution >= 4 is 5.91 Å². The summed E-state index contributed by atoms with van der Waals surface area (Å²) in [7, 11) is 0. The zero-order valence-electron chi connectivity index (χ0n) is 12.2. The molecule has 0 aromatic carbocycles. The summed E-state index contributed by atoms with van der Waals surface area (Å²) in [6, 6.07) is 0.343. The third-order valence-corrected chi connectivity index (χ3v) is 4.80. The highest BCUT2D eigenvalue weighted by atomic mass is 16.3. The van der Waals surface area contributed by atoms with Crippen molar-refractivity contribution in [2.45, 2.75) is 70.5 Å². The van der Waals surface area contributed by atoms with Gasteiger partial charge in [0.2, 0.25) is 5.91 Å². The number of hydrogen-bond donors (Lipinski definition) is 3. The third kappa shape index (κ3) is 3.69. The summed E-state index contributed by atoms with van der Waals surface area (Å²) in [5.41, 5.74) is 0. The molecule has 1 aliphatic carbocycles. The molecular formula is C15H28N2O2. The second kappa shape index (κ2) is 6.71. The Morgan fingerprint density at radius 3 is 2.68 bits per heavy atom. The van der Waals surface area contributed by atoms with Gasteiger partial charge in [-0.1, -0.05) is 26.7 Å². The van der Waals surface area contributed by atoms with Crippen molar-refractivity contribution in [2.24, 2.45) is 11.8 Å². The van der Waals surface area contributed by atoms with Gasteiger partial charge in [-0.3, -0.25) is 4.79 Å². The second-order valence-electron chi connectivity index (χ2n) is 6.49. The van der Waals surface area contributed by atoms with E-state index in [1.165, 1.54) is 32.1 Å². The third-order valence-electron chi connectivity index (χ3n) is 4.80. The first-order chi connectivity index (χ1) is 9.11. The van der Waals surface area contributed by atoms with Crippen LogP contribution in [-0.4, -0.2) is 35.7 Å². The molecule has 2 fully saturated rings. The lowest BCUT2D eigenvalue weighted by Gasteiger charge is -2.40. The van der Waals surface area contributed by atoms with Gasteiger partial charge < -0.3 is 15.7 Å². The zero-order valence-corrected chi connectivity index (χ0v) is 12.2. The molecule has 1 saturated carbocycles. The van der Waals surface area contributed by atoms with Gasteiger partial charge in [-0.05, 0) is 37.5 Å². The van der Waals surface area contributed by atoms with Gasteiger partial charge in [-0.2, -0.15) is 0 Å². The summed E-state index contributed by atoms with van der Waals surface area (Å²) >= 11 is 0. The molecule has 0 aromatic rings. The van der Waals surface area contributed by atoms with E-state index in [0.717, 1.165) is 12.3 Å². The topological polar surface area (TPSA) is 61.4 Å². The maximum Gasteiger partial charge on any atom is 0.237 e. The molecule has 1 amide bonds. The predicted molar refractivity (Wildman–Crippen MR) is 75.8 cm³/mol. The maximum absolute atomic E-state index is 12.3. The lowest BCUT2D eigenvalue weighted by molar-refractivity contribution is -0.125. The first-order valence-electron chi connectivity index (χ1n) is 7.79. The number of nitrogens with one attached hydrogen (secondary N) is 2. The number of piperidine rings is 1. The van der Waals surface area contributed by atoms with E-state index < -0.39 is 0 Å². The van der Waals surface area contributed by atoms with Crippen molar-refractivity contribution in [3.63, 3.8) is 0 Å². The molecule has 1 heterocycles. The summed E-state index contributed by atoms with van der Waals surface area (Å²) in [5.74, 6) is 1.10. The van der Waals surface area contributed by atoms with Gasteiger partial charge in [0.25, 0.3) is 0 Å². The molecule has 4 nitrogen and oxygen atoms in total. The van der Waals surface area contributed by atoms with E-state index in [2.05, 4.69) is 10.6 Å². The smallest absolute Gasteiger partial charge is 0.237 e. The van der Waals surface area contributed by atoms with Crippen LogP contribution < -0.4 is 10.6 Å². The fourth-order valence-corrected chi connectivity index (χ4v) is 3.41. The Balaban J connectivity index is 1.86. The minimum absolute atomic E-state index is 0.0161. The van der Waals surface area contributed by atoms with E-state index in [1.54, 1.807) is 0 Å². The fraction of sp³-hybridized carbons (Fsp3) is 0.933. The van der Waals surface area contributed by atoms with E-state index >= 15 is 0 Å². The van der Waals surface area contributed by atoms with Gasteiger partial charge in [-0.15, -0.1) is 0 Å². The highest BCUT2D eigenvalue weighted by Crippen LogP contribution is 2.32. The van der Waals surface area contributed by atoms with E-state index in [4.69, 9.17) is 0 Å². The number of carbonyl (C=O) groups is 1. The molecular weight excluding hydrogens is 240 g/mol. The van der Waals surface area contributed by atoms with Gasteiger partial charge in [0.1, 0.15) is 0 Å². The summed E-state index contributed by atoms with van der Waals surface area (Å²) in [6.07, 6.45) is 7.26. The molecule has 0 aromatic heterocycles. The number of rotatable bonds is 4. The Morgan fingerprint density at radius 2 is 2.00 bits per heavy atom. The van der Waals surface area contributed by atoms with Gasteiger partial charge in [0.15, 0.2) is 0 Å². The Bertz CT molecular complexity index is 307. The van der Waals surface area contributed by atoms with Crippen molar-refractivity contribution in [3.8, 4) is 0 Å². The van der Waals surface area contributed by atoms with Crippen molar-refractivity contribution in [3.05, 3.63) is 0 Å². The molecule has 4 atom stereocenters. The molecule has 0 spiro atoms. The molecule has 4 heteroatoms. The Kier molecular flexibility index (Phi) is 5.22. The van der Waals surface area contributed by atoms with Crippen LogP contribution in [0, 0.1) is 11.8 Å². The number of amides is 1. The van der Waals surface area contributed by atoms with Crippen molar-refractivity contribution in [1.82, 2.24) is 10.6 Å². The summed E-state index contributed by atoms with van der Waals surface area (Å²) in [4.78, 5) is 12.3. The van der Waals surface area contributed by atoms with E-state index in [1.807, 2.05) is 13.8 Å². The van der Waals surface area contributed by atoms with Crippen LogP contribution in [0.15, 0.2) is 0 Å². The lowest BCUT2D eigenvalue weighted by Crippen LogP contribution is -2.57. The quantitative estimate of drug-likeness (QED) is 0.723. The Labute approximate surface area is 116 Å². The van der Waals surface area contributed by atoms with Crippen LogP contribution in [0.1, 0.15) is 52.4 Å². The van der Waals surface area contributed by atoms with Crippen LogP contribution in [0.5, 0.6) is 0 Å². The molecule has 19 heavy (non-hydrogen) atoms. The summed E-state index contributed by atoms with van der Waals surface area (Å²) in [5, 5.41) is 15.8. The minimum Gasteiger partial charge on any atom is -0.394 e. The first kappa shape index (κ1) is 14.8. The average Bonchev–Trinajstić information content (AvgIpc) is 2.43. The highest BCUT2D eigenvalue weighted by molar-refractivity contribution is 5.82. The Hall–Kier alpha value is -0.610. The number of hydrogen-bond acceptors (Lipinski definition) is 3. The molecule has 0 radical (unpaired) electrons. The monoisotopic (exact) mass is 268 g/mol. The van der Waals surface area contributed by atoms with Crippen LogP contribution in [0.25, 0.3) is 0 Å². The van der Waals surface area contributed by atoms with Gasteiger partial charge in [0.05, 0.1) is 18.7 Å².